The molecule has 8 nitrogen and oxygen atoms in total. The Morgan fingerprint density at radius 1 is 1.00 bits per heavy atom. The van der Waals surface area contributed by atoms with E-state index in [0.717, 1.165) is 43.4 Å². The number of aliphatic hydroxyl groups is 1. The molecule has 246 valence electrons. The van der Waals surface area contributed by atoms with E-state index in [2.05, 4.69) is 15.5 Å². The molecule has 3 aliphatic rings. The van der Waals surface area contributed by atoms with Crippen LogP contribution >= 0.6 is 0 Å². The molecular formula is C36H37F3N4O4. The van der Waals surface area contributed by atoms with Crippen LogP contribution in [0.15, 0.2) is 66.7 Å². The number of halogens is 3. The number of benzene rings is 3. The molecule has 1 aromatic heterocycles. The Morgan fingerprint density at radius 2 is 1.77 bits per heavy atom. The lowest BCUT2D eigenvalue weighted by Gasteiger charge is -2.33. The Bertz CT molecular complexity index is 1770. The maximum Gasteiger partial charge on any atom is 0.416 e. The molecule has 0 atom stereocenters. The third-order valence-electron chi connectivity index (χ3n) is 9.40. The molecule has 2 aliphatic heterocycles. The van der Waals surface area contributed by atoms with Gasteiger partial charge in [-0.25, -0.2) is 4.98 Å². The summed E-state index contributed by atoms with van der Waals surface area (Å²) in [5.41, 5.74) is 1.59. The quantitative estimate of drug-likeness (QED) is 0.216. The largest absolute Gasteiger partial charge is 0.486 e. The fourth-order valence-corrected chi connectivity index (χ4v) is 6.80. The van der Waals surface area contributed by atoms with Crippen molar-refractivity contribution in [2.24, 2.45) is 0 Å². The number of aliphatic hydroxyl groups excluding tert-OH is 1. The second-order valence-electron chi connectivity index (χ2n) is 12.5. The number of piperidine rings is 1. The molecule has 1 aliphatic carbocycles. The summed E-state index contributed by atoms with van der Waals surface area (Å²) in [7, 11) is 0. The predicted molar refractivity (Wildman–Crippen MR) is 171 cm³/mol. The molecule has 7 rings (SSSR count). The van der Waals surface area contributed by atoms with Crippen molar-refractivity contribution in [2.45, 2.75) is 50.0 Å². The zero-order valence-electron chi connectivity index (χ0n) is 25.9. The van der Waals surface area contributed by atoms with Gasteiger partial charge in [-0.3, -0.25) is 9.69 Å². The van der Waals surface area contributed by atoms with Crippen molar-refractivity contribution < 1.29 is 32.5 Å². The lowest BCUT2D eigenvalue weighted by Crippen LogP contribution is -2.43. The minimum absolute atomic E-state index is 0.0602. The van der Waals surface area contributed by atoms with E-state index in [1.807, 2.05) is 30.3 Å². The van der Waals surface area contributed by atoms with Crippen molar-refractivity contribution in [2.75, 3.05) is 39.5 Å². The van der Waals surface area contributed by atoms with Gasteiger partial charge in [-0.15, -0.1) is 0 Å². The van der Waals surface area contributed by atoms with E-state index in [0.29, 0.717) is 72.0 Å². The van der Waals surface area contributed by atoms with E-state index in [1.54, 1.807) is 18.2 Å². The molecule has 11 heteroatoms. The number of nitrogens with zero attached hydrogens (tertiary/aromatic N) is 2. The first-order valence-electron chi connectivity index (χ1n) is 16.1. The van der Waals surface area contributed by atoms with Crippen LogP contribution in [0, 0.1) is 0 Å². The summed E-state index contributed by atoms with van der Waals surface area (Å²) in [6.45, 7) is 2.95. The van der Waals surface area contributed by atoms with Crippen molar-refractivity contribution in [1.29, 1.82) is 0 Å². The molecule has 2 fully saturated rings. The number of aromatic nitrogens is 1. The molecule has 47 heavy (non-hydrogen) atoms. The highest BCUT2D eigenvalue weighted by atomic mass is 19.4. The molecule has 3 aromatic carbocycles. The molecule has 0 unspecified atom stereocenters. The number of ether oxygens (including phenoxy) is 2. The van der Waals surface area contributed by atoms with Crippen LogP contribution in [0.4, 0.5) is 13.2 Å². The third-order valence-corrected chi connectivity index (χ3v) is 9.40. The van der Waals surface area contributed by atoms with Crippen LogP contribution < -0.4 is 20.1 Å². The summed E-state index contributed by atoms with van der Waals surface area (Å²) < 4.78 is 53.8. The van der Waals surface area contributed by atoms with Gasteiger partial charge in [-0.05, 0) is 68.6 Å². The molecule has 1 saturated carbocycles. The van der Waals surface area contributed by atoms with Crippen molar-refractivity contribution in [3.63, 3.8) is 0 Å². The van der Waals surface area contributed by atoms with E-state index in [4.69, 9.17) is 14.5 Å². The molecule has 4 aromatic rings. The van der Waals surface area contributed by atoms with Gasteiger partial charge in [0.1, 0.15) is 18.7 Å². The Morgan fingerprint density at radius 3 is 2.49 bits per heavy atom. The fraction of sp³-hybridized carbons (Fsp3) is 0.389. The first kappa shape index (κ1) is 31.4. The van der Waals surface area contributed by atoms with Gasteiger partial charge in [0.2, 0.25) is 0 Å². The van der Waals surface area contributed by atoms with E-state index < -0.39 is 17.3 Å². The van der Waals surface area contributed by atoms with Crippen LogP contribution in [0.2, 0.25) is 0 Å². The molecule has 1 saturated heterocycles. The maximum atomic E-state index is 14.7. The SMILES string of the molecule is O=C(NC1(c2ccccc2)CC1)c1c(CN2CCC(NCCO)CC2)c(-c2cccc(C(F)(F)F)c2)nc2c3c(ccc12)OCCO3. The molecule has 3 heterocycles. The number of rotatable bonds is 9. The highest BCUT2D eigenvalue weighted by molar-refractivity contribution is 6.11. The Balaban J connectivity index is 1.39. The smallest absolute Gasteiger partial charge is 0.416 e. The number of hydrogen-bond acceptors (Lipinski definition) is 7. The molecule has 0 bridgehead atoms. The van der Waals surface area contributed by atoms with Crippen molar-refractivity contribution in [3.05, 3.63) is 89.0 Å². The van der Waals surface area contributed by atoms with Gasteiger partial charge < -0.3 is 25.2 Å². The molecule has 3 N–H and O–H groups in total. The second kappa shape index (κ2) is 12.8. The number of pyridine rings is 1. The first-order chi connectivity index (χ1) is 22.8. The topological polar surface area (TPSA) is 96.0 Å². The van der Waals surface area contributed by atoms with Gasteiger partial charge in [0.15, 0.2) is 11.5 Å². The summed E-state index contributed by atoms with van der Waals surface area (Å²) in [6, 6.07) is 18.8. The lowest BCUT2D eigenvalue weighted by atomic mass is 9.93. The average Bonchev–Trinajstić information content (AvgIpc) is 3.88. The summed E-state index contributed by atoms with van der Waals surface area (Å²) >= 11 is 0. The van der Waals surface area contributed by atoms with Crippen LogP contribution in [0.5, 0.6) is 11.5 Å². The summed E-state index contributed by atoms with van der Waals surface area (Å²) in [4.78, 5) is 21.9. The van der Waals surface area contributed by atoms with Gasteiger partial charge in [0, 0.05) is 35.6 Å². The van der Waals surface area contributed by atoms with Gasteiger partial charge in [0.05, 0.1) is 29.0 Å². The minimum atomic E-state index is -4.55. The molecule has 0 spiro atoms. The van der Waals surface area contributed by atoms with Crippen LogP contribution in [-0.2, 0) is 18.3 Å². The van der Waals surface area contributed by atoms with Crippen molar-refractivity contribution >= 4 is 16.8 Å². The number of fused-ring (bicyclic) bond motifs is 3. The number of amides is 1. The normalized spacial score (nSPS) is 17.9. The number of carbonyl (C=O) groups excluding carboxylic acids is 1. The average molecular weight is 647 g/mol. The van der Waals surface area contributed by atoms with Gasteiger partial charge in [-0.2, -0.15) is 13.2 Å². The Labute approximate surface area is 270 Å². The molecule has 0 radical (unpaired) electrons. The number of carbonyl (C=O) groups is 1. The maximum absolute atomic E-state index is 14.7. The van der Waals surface area contributed by atoms with E-state index in [-0.39, 0.29) is 30.7 Å². The van der Waals surface area contributed by atoms with E-state index in [1.165, 1.54) is 6.07 Å². The fourth-order valence-electron chi connectivity index (χ4n) is 6.80. The number of likely N-dealkylation sites (tertiary alicyclic amines) is 1. The predicted octanol–water partition coefficient (Wildman–Crippen LogP) is 5.66. The zero-order chi connectivity index (χ0) is 32.6. The zero-order valence-corrected chi connectivity index (χ0v) is 25.9. The standard InChI is InChI=1S/C36H37F3N4O4/c37-36(38,39)25-8-4-5-23(21-25)31-28(22-43-16-11-26(12-17-43)40-15-18-44)30(27-9-10-29-33(32(27)41-31)47-20-19-46-29)34(45)42-35(13-14-35)24-6-2-1-3-7-24/h1-10,21,26,40,44H,11-20,22H2,(H,42,45). The third kappa shape index (κ3) is 6.39. The van der Waals surface area contributed by atoms with Gasteiger partial charge in [-0.1, -0.05) is 42.5 Å². The number of nitrogens with one attached hydrogen (secondary N) is 2. The van der Waals surface area contributed by atoms with Gasteiger partial charge >= 0.3 is 6.18 Å². The van der Waals surface area contributed by atoms with Gasteiger partial charge in [0.25, 0.3) is 5.91 Å². The summed E-state index contributed by atoms with van der Waals surface area (Å²) in [6.07, 6.45) is -1.33. The monoisotopic (exact) mass is 646 g/mol. The summed E-state index contributed by atoms with van der Waals surface area (Å²) in [5.74, 6) is 0.548. The Kier molecular flexibility index (Phi) is 8.54. The number of alkyl halides is 3. The minimum Gasteiger partial charge on any atom is -0.486 e. The van der Waals surface area contributed by atoms with Crippen molar-refractivity contribution in [3.8, 4) is 22.8 Å². The molecular weight excluding hydrogens is 609 g/mol. The first-order valence-corrected chi connectivity index (χ1v) is 16.1. The van der Waals surface area contributed by atoms with Crippen LogP contribution in [-0.4, -0.2) is 66.4 Å². The van der Waals surface area contributed by atoms with Crippen LogP contribution in [0.3, 0.4) is 0 Å². The Hall–Kier alpha value is -4.19. The highest BCUT2D eigenvalue weighted by Crippen LogP contribution is 2.47. The number of hydrogen-bond donors (Lipinski definition) is 3. The lowest BCUT2D eigenvalue weighted by molar-refractivity contribution is -0.137. The highest BCUT2D eigenvalue weighted by Gasteiger charge is 2.46. The van der Waals surface area contributed by atoms with Crippen LogP contribution in [0.25, 0.3) is 22.2 Å². The van der Waals surface area contributed by atoms with Crippen molar-refractivity contribution in [1.82, 2.24) is 20.5 Å². The van der Waals surface area contributed by atoms with E-state index in [9.17, 15) is 23.1 Å². The molecule has 1 amide bonds. The van der Waals surface area contributed by atoms with E-state index >= 15 is 0 Å². The summed E-state index contributed by atoms with van der Waals surface area (Å²) in [5, 5.41) is 16.5. The van der Waals surface area contributed by atoms with Crippen LogP contribution in [0.1, 0.15) is 52.7 Å². The second-order valence-corrected chi connectivity index (χ2v) is 12.5.